The molecule has 36 nitrogen and oxygen atoms in total. The van der Waals surface area contributed by atoms with Gasteiger partial charge < -0.3 is 97.5 Å². The minimum Gasteiger partial charge on any atom is -0.495 e. The third-order valence-electron chi connectivity index (χ3n) is 29.4. The highest BCUT2D eigenvalue weighted by molar-refractivity contribution is 5.93. The van der Waals surface area contributed by atoms with E-state index in [2.05, 4.69) is 163 Å². The average molecular weight is 2000 g/mol. The minimum absolute atomic E-state index is 0.00339. The van der Waals surface area contributed by atoms with Crippen LogP contribution < -0.4 is 97.5 Å². The van der Waals surface area contributed by atoms with Gasteiger partial charge >= 0.3 is 30.1 Å². The van der Waals surface area contributed by atoms with Gasteiger partial charge in [0.1, 0.15) is 63.7 Å². The van der Waals surface area contributed by atoms with E-state index in [9.17, 15) is 9.18 Å². The molecule has 0 bridgehead atoms. The summed E-state index contributed by atoms with van der Waals surface area (Å²) in [5.74, 6) is 7.98. The Kier molecular flexibility index (Phi) is 26.6. The number of benzene rings is 6. The number of nitriles is 1. The molecule has 5 atom stereocenters. The van der Waals surface area contributed by atoms with E-state index < -0.39 is 0 Å². The Morgan fingerprint density at radius 1 is 0.436 bits per heavy atom. The lowest BCUT2D eigenvalue weighted by molar-refractivity contribution is -0.119. The zero-order chi connectivity index (χ0) is 103. The molecule has 1 amide bonds. The number of nitrogens with zero attached hydrogens (tertiary/aromatic N) is 21. The van der Waals surface area contributed by atoms with Crippen molar-refractivity contribution in [1.82, 2.24) is 80.1 Å². The molecule has 0 unspecified atom stereocenters. The second kappa shape index (κ2) is 40.9. The van der Waals surface area contributed by atoms with Crippen molar-refractivity contribution in [2.45, 2.75) is 135 Å². The van der Waals surface area contributed by atoms with Crippen LogP contribution in [-0.2, 0) is 36.9 Å². The number of nitrogens with two attached hydrogens (primary N) is 5. The number of aryl methyl sites for hydroxylation is 4. The van der Waals surface area contributed by atoms with Gasteiger partial charge in [0.05, 0.1) is 83.9 Å². The van der Waals surface area contributed by atoms with Crippen molar-refractivity contribution in [1.29, 1.82) is 5.26 Å². The van der Waals surface area contributed by atoms with Gasteiger partial charge in [-0.15, -0.1) is 0 Å². The zero-order valence-corrected chi connectivity index (χ0v) is 84.1. The van der Waals surface area contributed by atoms with Gasteiger partial charge in [-0.3, -0.25) is 19.7 Å². The minimum atomic E-state index is -0.371. The second-order valence-electron chi connectivity index (χ2n) is 39.4. The van der Waals surface area contributed by atoms with Crippen LogP contribution in [0.2, 0.25) is 0 Å². The molecule has 6 aliphatic carbocycles. The van der Waals surface area contributed by atoms with Gasteiger partial charge in [0.2, 0.25) is 5.91 Å². The number of amides is 1. The van der Waals surface area contributed by atoms with E-state index in [1.165, 1.54) is 62.2 Å². The third-order valence-corrected chi connectivity index (χ3v) is 29.4. The summed E-state index contributed by atoms with van der Waals surface area (Å²) in [5, 5.41) is 18.8. The smallest absolute Gasteiger partial charge is 0.324 e. The molecule has 5 saturated heterocycles. The monoisotopic (exact) mass is 2000 g/mol. The van der Waals surface area contributed by atoms with Gasteiger partial charge in [-0.25, -0.2) is 14.4 Å². The summed E-state index contributed by atoms with van der Waals surface area (Å²) in [4.78, 5) is 91.2. The highest BCUT2D eigenvalue weighted by Crippen LogP contribution is 2.56. The number of rotatable bonds is 19. The van der Waals surface area contributed by atoms with Gasteiger partial charge in [0, 0.05) is 218 Å². The first-order valence-electron chi connectivity index (χ1n) is 50.4. The zero-order valence-electron chi connectivity index (χ0n) is 84.1. The third kappa shape index (κ3) is 19.8. The van der Waals surface area contributed by atoms with Crippen LogP contribution in [0.3, 0.4) is 0 Å². The Morgan fingerprint density at radius 3 is 1.28 bits per heavy atom. The number of ether oxygens (including phenoxy) is 6. The van der Waals surface area contributed by atoms with E-state index in [1.54, 1.807) is 94.7 Å². The van der Waals surface area contributed by atoms with Gasteiger partial charge in [-0.1, -0.05) is 66.7 Å². The summed E-state index contributed by atoms with van der Waals surface area (Å²) in [7, 11) is 5.49. The van der Waals surface area contributed by atoms with Crippen molar-refractivity contribution in [3.63, 3.8) is 0 Å². The van der Waals surface area contributed by atoms with E-state index in [-0.39, 0.29) is 59.4 Å². The van der Waals surface area contributed by atoms with Crippen molar-refractivity contribution < 1.29 is 37.6 Å². The fraction of sp³-hybridized carbons (Fsp3) is 0.312. The maximum Gasteiger partial charge on any atom is 0.324 e. The van der Waals surface area contributed by atoms with Gasteiger partial charge in [-0.05, 0) is 200 Å². The molecule has 9 aromatic heterocycles. The first kappa shape index (κ1) is 96.9. The van der Waals surface area contributed by atoms with E-state index >= 15 is 0 Å². The number of hydrogen-bond donors (Lipinski definition) is 8. The molecule has 37 heteroatoms. The van der Waals surface area contributed by atoms with Crippen molar-refractivity contribution in [2.24, 2.45) is 28.3 Å². The number of carbonyl (C=O) groups excluding carboxylic acids is 1. The van der Waals surface area contributed by atoms with Gasteiger partial charge in [0.25, 0.3) is 0 Å². The molecule has 1 saturated carbocycles. The summed E-state index contributed by atoms with van der Waals surface area (Å²) >= 11 is 0. The van der Waals surface area contributed by atoms with Gasteiger partial charge in [-0.2, -0.15) is 55.1 Å². The first-order chi connectivity index (χ1) is 72.4. The number of anilines is 8. The highest BCUT2D eigenvalue weighted by atomic mass is 19.1. The molecule has 756 valence electrons. The maximum atomic E-state index is 14.2. The molecule has 0 radical (unpaired) electrons. The lowest BCUT2D eigenvalue weighted by Gasteiger charge is -2.21. The summed E-state index contributed by atoms with van der Waals surface area (Å²) in [6.45, 7) is 17.5. The average Bonchev–Trinajstić information content (AvgIpc) is 1.56. The SMILES string of the molecule is CC(=O)N[C@H]1CCN(c2nc(Oc3cccnc3)nc3c2-c2cccc(C)c2C3)C1.CNc1cccc2c1Cc1nc(Oc3cccc(C#N)c3)nc(N3CC[C@@H](N)C3)c1-2.CNc1cccc2c1Cc1nc(Oc3cnc(C)c(OC)c3)nc(N3CC[C@@H](N)C3)c1-2.Cc1cccc2c1Cc1nc(Oc3cccnc3)nc(N3CC[C@H](N)C3)c1-2.Cc1ncc(Oc2nc3c(c(N4C[C@@H](N)C5(CC5)C4)n2)-c2cc(F)cc(N)c2C3)cn1. The van der Waals surface area contributed by atoms with Crippen LogP contribution in [0.4, 0.5) is 50.5 Å². The lowest BCUT2D eigenvalue weighted by Crippen LogP contribution is -2.35. The van der Waals surface area contributed by atoms with Gasteiger partial charge in [0.15, 0.2) is 11.5 Å². The maximum absolute atomic E-state index is 14.2. The quantitative estimate of drug-likeness (QED) is 0.0349. The molecule has 11 aliphatic rings. The van der Waals surface area contributed by atoms with Crippen LogP contribution in [0.5, 0.6) is 64.5 Å². The molecule has 5 aliphatic heterocycles. The molecule has 149 heavy (non-hydrogen) atoms. The Balaban J connectivity index is 0.000000105. The normalized spacial score (nSPS) is 17.6. The van der Waals surface area contributed by atoms with E-state index in [0.717, 1.165) is 236 Å². The van der Waals surface area contributed by atoms with Crippen LogP contribution >= 0.6 is 0 Å². The van der Waals surface area contributed by atoms with E-state index in [4.69, 9.17) is 107 Å². The molecule has 26 rings (SSSR count). The standard InChI is InChI=1S/C23H26N6O2.C23H22N6O.C23H23N5O2.C22H22FN7O.C21H21N5O/c1-13-20(30-3)9-15(11-26-13)31-23-27-19-10-17-16(5-4-6-18(17)25-2)21(19)22(28-23)29-8-7-14(24)12-29;1-26-19-7-3-6-17-18(19)11-20-21(17)22(29-9-8-15(25)13-29)28-23(27-20)30-16-5-2-4-14(10-16)12-24;1-14-5-3-7-18-19(14)11-20-21(18)22(28-10-8-16(13-28)25-15(2)29)27-23(26-20)30-17-6-4-9-24-12-17;1-11-26-7-13(8-27-11)31-21-28-17-6-14-15(4-12(23)5-16(14)24)19(17)20(29-21)30-9-18(25)22(10-30)2-3-22;1-13-4-2-6-16-17(13)10-18-19(16)20(26-9-7-14(22)12-26)25-21(24-18)27-15-5-3-8-23-11-15/h4-6,9,11,14,25H,7-8,10,12,24H2,1-3H3;2-7,10,15,26H,8-9,11,13,25H2,1H3;3-7,9,12,16H,8,10-11,13H2,1-2H3,(H,25,29);4-5,7-8,18H,2-3,6,9-10,24-25H2,1H3;2-6,8,11,14H,7,9-10,12,22H2,1H3/t14-;15-;16-;18-;14-/m11010/s1. The molecular formula is C112H114FN29O7. The Hall–Kier alpha value is -16.8. The topological polar surface area (TPSA) is 472 Å². The lowest BCUT2D eigenvalue weighted by atomic mass is 10.0. The number of fused-ring (bicyclic) bond motifs is 15. The van der Waals surface area contributed by atoms with E-state index in [0.29, 0.717) is 89.0 Å². The van der Waals surface area contributed by atoms with Crippen LogP contribution in [-0.4, -0.2) is 198 Å². The number of pyridine rings is 3. The number of halogens is 1. The molecular weight excluding hydrogens is 1880 g/mol. The molecule has 6 fully saturated rings. The summed E-state index contributed by atoms with van der Waals surface area (Å²) in [5.41, 5.74) is 59.1. The second-order valence-corrected chi connectivity index (χ2v) is 39.4. The number of methoxy groups -OCH3 is 1. The molecule has 15 aromatic rings. The number of carbonyl (C=O) groups is 1. The Labute approximate surface area is 861 Å². The Morgan fingerprint density at radius 2 is 0.846 bits per heavy atom. The molecule has 1 spiro atoms. The highest BCUT2D eigenvalue weighted by Gasteiger charge is 2.55. The van der Waals surface area contributed by atoms with Crippen LogP contribution in [0, 0.1) is 50.3 Å². The van der Waals surface area contributed by atoms with Crippen LogP contribution in [0.25, 0.3) is 55.6 Å². The van der Waals surface area contributed by atoms with Crippen LogP contribution in [0.1, 0.15) is 130 Å². The number of hydrogen-bond acceptors (Lipinski definition) is 35. The van der Waals surface area contributed by atoms with Crippen molar-refractivity contribution >= 4 is 52.1 Å². The molecule has 6 aromatic carbocycles. The largest absolute Gasteiger partial charge is 0.495 e. The van der Waals surface area contributed by atoms with E-state index in [1.807, 2.05) is 45.3 Å². The van der Waals surface area contributed by atoms with Crippen molar-refractivity contribution in [3.05, 3.63) is 273 Å². The predicted molar refractivity (Wildman–Crippen MR) is 567 cm³/mol. The predicted octanol–water partition coefficient (Wildman–Crippen LogP) is 15.3. The molecule has 13 N–H and O–H groups in total. The number of nitrogen functional groups attached to an aromatic ring is 1. The summed E-state index contributed by atoms with van der Waals surface area (Å²) in [6.07, 6.45) is 21.1. The number of nitrogens with one attached hydrogen (secondary N) is 3. The fourth-order valence-electron chi connectivity index (χ4n) is 21.8. The summed E-state index contributed by atoms with van der Waals surface area (Å²) in [6, 6.07) is 48.6. The van der Waals surface area contributed by atoms with Crippen LogP contribution in [0.15, 0.2) is 183 Å². The molecule has 14 heterocycles. The summed E-state index contributed by atoms with van der Waals surface area (Å²) < 4.78 is 49.4. The first-order valence-corrected chi connectivity index (χ1v) is 50.4. The van der Waals surface area contributed by atoms with Crippen molar-refractivity contribution in [3.8, 4) is 126 Å². The Bertz CT molecular complexity index is 7740. The number of aromatic nitrogens is 15. The van der Waals surface area contributed by atoms with Crippen molar-refractivity contribution in [2.75, 3.05) is 128 Å². The fourth-order valence-corrected chi connectivity index (χ4v) is 21.8.